The van der Waals surface area contributed by atoms with Crippen molar-refractivity contribution in [2.45, 2.75) is 658 Å². The monoisotopic (exact) mass is 2090 g/mol. The van der Waals surface area contributed by atoms with Crippen LogP contribution in [0.3, 0.4) is 0 Å². The molecule has 0 aliphatic rings. The Labute approximate surface area is 846 Å². The van der Waals surface area contributed by atoms with E-state index in [2.05, 4.69) is 68.7 Å². The zero-order valence-corrected chi connectivity index (χ0v) is 95.9. The molecule has 0 aliphatic heterocycles. The van der Waals surface area contributed by atoms with Crippen LogP contribution in [0.2, 0.25) is 0 Å². The Morgan fingerprint density at radius 1 is 0.113 bits per heavy atom. The summed E-state index contributed by atoms with van der Waals surface area (Å²) in [6.45, 7) is 15.8. The molecule has 0 aromatic heterocycles. The van der Waals surface area contributed by atoms with Crippen LogP contribution in [0.1, 0.15) is 658 Å². The van der Waals surface area contributed by atoms with Gasteiger partial charge in [-0.3, -0.25) is 0 Å². The molecule has 0 fully saturated rings. The van der Waals surface area contributed by atoms with E-state index in [4.69, 9.17) is 0 Å². The van der Waals surface area contributed by atoms with Crippen LogP contribution < -0.4 is 29.4 Å². The molecule has 0 spiro atoms. The van der Waals surface area contributed by atoms with Crippen molar-refractivity contribution >= 4 is 49.5 Å². The van der Waals surface area contributed by atoms with Crippen molar-refractivity contribution in [2.75, 3.05) is 39.6 Å². The summed E-state index contributed by atoms with van der Waals surface area (Å²) < 4.78 is 88.1. The Kier molecular flexibility index (Phi) is 158. The van der Waals surface area contributed by atoms with Crippen LogP contribution in [0.25, 0.3) is 0 Å². The van der Waals surface area contributed by atoms with Crippen LogP contribution >= 0.6 is 49.5 Å². The minimum Gasteiger partial charge on any atom is -0.566 e. The average Bonchev–Trinajstić information content (AvgIpc) is 1.10. The summed E-state index contributed by atoms with van der Waals surface area (Å²) in [6.07, 6.45) is 127. The number of hydrogen-bond acceptors (Lipinski definition) is 18. The average molecular weight is 2090 g/mol. The quantitative estimate of drug-likeness (QED) is 0.0310. The zero-order valence-electron chi connectivity index (χ0n) is 88.6. The predicted octanol–water partition coefficient (Wildman–Crippen LogP) is 37.7. The van der Waals surface area contributed by atoms with Crippen LogP contribution in [-0.4, -0.2) is 39.6 Å². The molecule has 798 valence electrons. The molecule has 0 heterocycles. The fourth-order valence-corrected chi connectivity index (χ4v) is 18.4. The van der Waals surface area contributed by atoms with Crippen molar-refractivity contribution in [3.63, 3.8) is 0 Å². The SMILES string of the molecule is CCCCCCCCCCCCCCCCCCO[P+](=O)[O-].CCCCCCCCCCCCCCCCCCO[P+](=O)[O-].CCCCCCCCCCCCCCCCCCO[P+](=O)[O-].CCCCCCCCCCCCCCCCCCO[P+](=O)[O-].CCCCCCCCCCCCCCCCCCO[P+](=O)[O-].CCCCCCCCCCCCCCCCCCO[P+](=O)[O-].[Mo]. The van der Waals surface area contributed by atoms with E-state index in [1.165, 1.54) is 539 Å². The van der Waals surface area contributed by atoms with Gasteiger partial charge in [0.1, 0.15) is 39.6 Å². The summed E-state index contributed by atoms with van der Waals surface area (Å²) in [7, 11) is -15.9. The molecule has 0 aromatic rings. The molecule has 18 nitrogen and oxygen atoms in total. The maximum Gasteiger partial charge on any atom is 0.488 e. The first-order valence-corrected chi connectivity index (χ1v) is 63.8. The van der Waals surface area contributed by atoms with Gasteiger partial charge in [0.25, 0.3) is 0 Å². The molecule has 0 aliphatic carbocycles. The minimum atomic E-state index is -2.64. The molecule has 0 amide bonds. The normalized spacial score (nSPS) is 11.7. The van der Waals surface area contributed by atoms with E-state index in [1.807, 2.05) is 0 Å². The van der Waals surface area contributed by atoms with Crippen molar-refractivity contribution in [1.82, 2.24) is 0 Å². The van der Waals surface area contributed by atoms with Gasteiger partial charge in [0.05, 0.1) is 0 Å². The van der Waals surface area contributed by atoms with Crippen molar-refractivity contribution < 1.29 is 105 Å². The van der Waals surface area contributed by atoms with Gasteiger partial charge in [0.2, 0.25) is 0 Å². The molecule has 25 heteroatoms. The van der Waals surface area contributed by atoms with Gasteiger partial charge in [-0.25, -0.2) is 0 Å². The van der Waals surface area contributed by atoms with Crippen molar-refractivity contribution in [2.24, 2.45) is 0 Å². The molecule has 0 radical (unpaired) electrons. The molecule has 0 aromatic carbocycles. The third-order valence-electron chi connectivity index (χ3n) is 25.2. The standard InChI is InChI=1S/6C18H37O3P.Mo/c6*1-2-3-4-5-6-7-8-9-10-11-12-13-14-15-16-17-18-21-22(19)20;/h6*2-18H2,1H3;. The molecule has 6 unspecified atom stereocenters. The van der Waals surface area contributed by atoms with Crippen LogP contribution in [0, 0.1) is 0 Å². The van der Waals surface area contributed by atoms with Crippen LogP contribution in [-0.2, 0) is 75.6 Å². The maximum absolute atomic E-state index is 10.2. The second-order valence-corrected chi connectivity index (χ2v) is 42.4. The van der Waals surface area contributed by atoms with E-state index in [-0.39, 0.29) is 21.1 Å². The Morgan fingerprint density at radius 3 is 0.218 bits per heavy atom. The van der Waals surface area contributed by atoms with E-state index in [1.54, 1.807) is 0 Å². The first kappa shape index (κ1) is 147. The van der Waals surface area contributed by atoms with Crippen molar-refractivity contribution in [3.8, 4) is 0 Å². The smallest absolute Gasteiger partial charge is 0.488 e. The molecular formula is C108H222MoO18P6. The van der Waals surface area contributed by atoms with Gasteiger partial charge in [0, 0.05) is 21.1 Å². The summed E-state index contributed by atoms with van der Waals surface area (Å²) in [5.74, 6) is 0. The summed E-state index contributed by atoms with van der Waals surface area (Å²) in [5, 5.41) is 0. The second-order valence-electron chi connectivity index (χ2n) is 38.2. The summed E-state index contributed by atoms with van der Waals surface area (Å²) >= 11 is 0. The van der Waals surface area contributed by atoms with E-state index in [9.17, 15) is 56.8 Å². The maximum atomic E-state index is 10.2. The summed E-state index contributed by atoms with van der Waals surface area (Å²) in [6, 6.07) is 0. The zero-order chi connectivity index (χ0) is 97.8. The van der Waals surface area contributed by atoms with Crippen molar-refractivity contribution in [3.05, 3.63) is 0 Å². The molecule has 0 saturated heterocycles. The molecular weight excluding hydrogens is 1870 g/mol. The van der Waals surface area contributed by atoms with E-state index >= 15 is 0 Å². The van der Waals surface area contributed by atoms with E-state index in [0.29, 0.717) is 39.6 Å². The van der Waals surface area contributed by atoms with Gasteiger partial charge < -0.3 is 29.4 Å². The molecule has 0 saturated carbocycles. The Morgan fingerprint density at radius 2 is 0.165 bits per heavy atom. The van der Waals surface area contributed by atoms with Gasteiger partial charge in [-0.05, 0) is 65.9 Å². The van der Waals surface area contributed by atoms with E-state index < -0.39 is 49.5 Å². The van der Waals surface area contributed by atoms with E-state index in [0.717, 1.165) is 77.0 Å². The molecule has 133 heavy (non-hydrogen) atoms. The number of rotatable bonds is 108. The molecule has 6 atom stereocenters. The molecule has 0 rings (SSSR count). The first-order valence-electron chi connectivity index (χ1n) is 57.3. The minimum absolute atomic E-state index is 0. The van der Waals surface area contributed by atoms with Gasteiger partial charge in [0.15, 0.2) is 0 Å². The van der Waals surface area contributed by atoms with Gasteiger partial charge in [-0.15, -0.1) is 27.1 Å². The second kappa shape index (κ2) is 143. The Bertz CT molecular complexity index is 1790. The summed E-state index contributed by atoms with van der Waals surface area (Å²) in [5.41, 5.74) is 0. The van der Waals surface area contributed by atoms with Crippen LogP contribution in [0.5, 0.6) is 0 Å². The molecule has 0 bridgehead atoms. The summed E-state index contributed by atoms with van der Waals surface area (Å²) in [4.78, 5) is 61.0. The Hall–Kier alpha value is 0.808. The largest absolute Gasteiger partial charge is 0.566 e. The first-order chi connectivity index (χ1) is 64.6. The van der Waals surface area contributed by atoms with Gasteiger partial charge >= 0.3 is 49.5 Å². The number of unbranched alkanes of at least 4 members (excludes halogenated alkanes) is 90. The predicted molar refractivity (Wildman–Crippen MR) is 559 cm³/mol. The third kappa shape index (κ3) is 172. The van der Waals surface area contributed by atoms with Gasteiger partial charge in [-0.1, -0.05) is 619 Å². The Balaban J connectivity index is -0.000000286. The fourth-order valence-electron chi connectivity index (χ4n) is 16.7. The van der Waals surface area contributed by atoms with Crippen LogP contribution in [0.15, 0.2) is 0 Å². The topological polar surface area (TPSA) is 296 Å². The van der Waals surface area contributed by atoms with Crippen molar-refractivity contribution in [1.29, 1.82) is 0 Å². The number of hydrogen-bond donors (Lipinski definition) is 0. The van der Waals surface area contributed by atoms with Gasteiger partial charge in [-0.2, -0.15) is 0 Å². The fraction of sp³-hybridized carbons (Fsp3) is 1.00. The third-order valence-corrected chi connectivity index (χ3v) is 27.5. The van der Waals surface area contributed by atoms with Crippen LogP contribution in [0.4, 0.5) is 0 Å². The molecule has 0 N–H and O–H groups in total.